The minimum absolute atomic E-state index is 0.0161. The van der Waals surface area contributed by atoms with Gasteiger partial charge in [0.25, 0.3) is 0 Å². The standard InChI is InChI=1S/C12H17N3O/c1-10-4-2-3-5-11(10)14-12(16)15-8-6-13-7-9-15/h2-5,13H,6-9H2,1H3,(H,14,16)/p+1. The molecule has 0 aliphatic carbocycles. The molecule has 2 amide bonds. The summed E-state index contributed by atoms with van der Waals surface area (Å²) in [5, 5.41) is 5.19. The lowest BCUT2D eigenvalue weighted by Gasteiger charge is -2.25. The molecule has 86 valence electrons. The molecule has 16 heavy (non-hydrogen) atoms. The largest absolute Gasteiger partial charge is 0.343 e. The highest BCUT2D eigenvalue weighted by Gasteiger charge is 2.18. The maximum absolute atomic E-state index is 11.9. The molecular weight excluding hydrogens is 202 g/mol. The number of para-hydroxylation sites is 1. The van der Waals surface area contributed by atoms with Crippen LogP contribution in [-0.4, -0.2) is 37.1 Å². The van der Waals surface area contributed by atoms with Gasteiger partial charge in [-0.2, -0.15) is 0 Å². The van der Waals surface area contributed by atoms with Gasteiger partial charge in [0, 0.05) is 5.69 Å². The van der Waals surface area contributed by atoms with Crippen molar-refractivity contribution in [1.82, 2.24) is 4.90 Å². The molecule has 1 saturated heterocycles. The molecule has 4 heteroatoms. The Labute approximate surface area is 95.6 Å². The van der Waals surface area contributed by atoms with Crippen LogP contribution in [0.15, 0.2) is 24.3 Å². The lowest BCUT2D eigenvalue weighted by molar-refractivity contribution is -0.661. The molecule has 0 bridgehead atoms. The van der Waals surface area contributed by atoms with Gasteiger partial charge in [0.1, 0.15) is 0 Å². The van der Waals surface area contributed by atoms with E-state index in [1.807, 2.05) is 36.1 Å². The first-order valence-corrected chi connectivity index (χ1v) is 5.70. The van der Waals surface area contributed by atoms with Gasteiger partial charge in [-0.1, -0.05) is 18.2 Å². The van der Waals surface area contributed by atoms with Gasteiger partial charge in [-0.25, -0.2) is 4.79 Å². The Kier molecular flexibility index (Phi) is 3.41. The quantitative estimate of drug-likeness (QED) is 0.707. The monoisotopic (exact) mass is 220 g/mol. The molecule has 0 unspecified atom stereocenters. The fourth-order valence-corrected chi connectivity index (χ4v) is 1.86. The number of nitrogens with one attached hydrogen (secondary N) is 1. The van der Waals surface area contributed by atoms with Crippen LogP contribution in [0.3, 0.4) is 0 Å². The van der Waals surface area contributed by atoms with Crippen LogP contribution in [0.1, 0.15) is 5.56 Å². The number of carbonyl (C=O) groups is 1. The summed E-state index contributed by atoms with van der Waals surface area (Å²) in [7, 11) is 0. The van der Waals surface area contributed by atoms with Crippen LogP contribution in [-0.2, 0) is 0 Å². The summed E-state index contributed by atoms with van der Waals surface area (Å²) in [6.45, 7) is 5.66. The van der Waals surface area contributed by atoms with Gasteiger partial charge >= 0.3 is 6.03 Å². The van der Waals surface area contributed by atoms with E-state index in [0.29, 0.717) is 0 Å². The van der Waals surface area contributed by atoms with Gasteiger partial charge < -0.3 is 15.5 Å². The molecule has 1 aliphatic rings. The fraction of sp³-hybridized carbons (Fsp3) is 0.417. The van der Waals surface area contributed by atoms with Gasteiger partial charge in [-0.3, -0.25) is 0 Å². The number of nitrogens with zero attached hydrogens (tertiary/aromatic N) is 1. The Hall–Kier alpha value is -1.55. The Morgan fingerprint density at radius 1 is 1.31 bits per heavy atom. The van der Waals surface area contributed by atoms with Gasteiger partial charge in [-0.15, -0.1) is 0 Å². The molecule has 1 aromatic rings. The van der Waals surface area contributed by atoms with Crippen molar-refractivity contribution in [2.45, 2.75) is 6.92 Å². The summed E-state index contributed by atoms with van der Waals surface area (Å²) >= 11 is 0. The topological polar surface area (TPSA) is 49.0 Å². The third-order valence-corrected chi connectivity index (χ3v) is 2.88. The van der Waals surface area contributed by atoms with E-state index >= 15 is 0 Å². The number of urea groups is 1. The third kappa shape index (κ3) is 2.52. The molecule has 3 N–H and O–H groups in total. The highest BCUT2D eigenvalue weighted by atomic mass is 16.2. The van der Waals surface area contributed by atoms with Crippen molar-refractivity contribution in [3.63, 3.8) is 0 Å². The number of hydrogen-bond donors (Lipinski definition) is 2. The average Bonchev–Trinajstić information content (AvgIpc) is 2.33. The van der Waals surface area contributed by atoms with Crippen LogP contribution in [0.5, 0.6) is 0 Å². The van der Waals surface area contributed by atoms with Crippen molar-refractivity contribution in [1.29, 1.82) is 0 Å². The van der Waals surface area contributed by atoms with Crippen LogP contribution in [0, 0.1) is 6.92 Å². The minimum atomic E-state index is 0.0161. The fourth-order valence-electron chi connectivity index (χ4n) is 1.86. The first kappa shape index (κ1) is 11.0. The third-order valence-electron chi connectivity index (χ3n) is 2.88. The smallest absolute Gasteiger partial charge is 0.322 e. The first-order valence-electron chi connectivity index (χ1n) is 5.70. The minimum Gasteiger partial charge on any atom is -0.343 e. The lowest BCUT2D eigenvalue weighted by Crippen LogP contribution is -2.90. The van der Waals surface area contributed by atoms with Crippen molar-refractivity contribution in [3.05, 3.63) is 29.8 Å². The first-order chi connectivity index (χ1) is 7.77. The summed E-state index contributed by atoms with van der Waals surface area (Å²) in [4.78, 5) is 13.8. The maximum Gasteiger partial charge on any atom is 0.322 e. The SMILES string of the molecule is Cc1ccccc1NC(=O)N1CC[NH2+]CC1. The van der Waals surface area contributed by atoms with E-state index in [9.17, 15) is 4.79 Å². The van der Waals surface area contributed by atoms with E-state index < -0.39 is 0 Å². The second kappa shape index (κ2) is 4.99. The molecule has 1 heterocycles. The molecule has 0 radical (unpaired) electrons. The van der Waals surface area contributed by atoms with E-state index in [1.165, 1.54) is 0 Å². The van der Waals surface area contributed by atoms with Crippen molar-refractivity contribution >= 4 is 11.7 Å². The molecule has 0 aromatic heterocycles. The Morgan fingerprint density at radius 2 is 2.00 bits per heavy atom. The van der Waals surface area contributed by atoms with Gasteiger partial charge in [0.2, 0.25) is 0 Å². The van der Waals surface area contributed by atoms with Crippen LogP contribution in [0.2, 0.25) is 0 Å². The van der Waals surface area contributed by atoms with Crippen LogP contribution in [0.4, 0.5) is 10.5 Å². The van der Waals surface area contributed by atoms with E-state index in [0.717, 1.165) is 37.4 Å². The number of benzene rings is 1. The highest BCUT2D eigenvalue weighted by Crippen LogP contribution is 2.13. The van der Waals surface area contributed by atoms with Crippen LogP contribution in [0.25, 0.3) is 0 Å². The number of hydrogen-bond acceptors (Lipinski definition) is 1. The Bertz CT molecular complexity index is 372. The van der Waals surface area contributed by atoms with Crippen molar-refractivity contribution in [2.75, 3.05) is 31.5 Å². The second-order valence-corrected chi connectivity index (χ2v) is 4.10. The summed E-state index contributed by atoms with van der Waals surface area (Å²) in [6, 6.07) is 7.86. The summed E-state index contributed by atoms with van der Waals surface area (Å²) in [5.41, 5.74) is 2.00. The summed E-state index contributed by atoms with van der Waals surface area (Å²) in [6.07, 6.45) is 0. The second-order valence-electron chi connectivity index (χ2n) is 4.10. The van der Waals surface area contributed by atoms with Crippen molar-refractivity contribution < 1.29 is 10.1 Å². The van der Waals surface area contributed by atoms with Crippen LogP contribution >= 0.6 is 0 Å². The number of anilines is 1. The number of quaternary nitrogens is 1. The molecule has 1 aromatic carbocycles. The van der Waals surface area contributed by atoms with E-state index in [1.54, 1.807) is 0 Å². The number of piperazine rings is 1. The molecule has 4 nitrogen and oxygen atoms in total. The zero-order valence-corrected chi connectivity index (χ0v) is 9.57. The summed E-state index contributed by atoms with van der Waals surface area (Å²) < 4.78 is 0. The van der Waals surface area contributed by atoms with E-state index in [4.69, 9.17) is 0 Å². The number of carbonyl (C=O) groups excluding carboxylic acids is 1. The van der Waals surface area contributed by atoms with Crippen molar-refractivity contribution in [2.24, 2.45) is 0 Å². The highest BCUT2D eigenvalue weighted by molar-refractivity contribution is 5.90. The maximum atomic E-state index is 11.9. The Morgan fingerprint density at radius 3 is 2.69 bits per heavy atom. The molecule has 0 spiro atoms. The number of aryl methyl sites for hydroxylation is 1. The predicted molar refractivity (Wildman–Crippen MR) is 63.4 cm³/mol. The molecule has 0 saturated carbocycles. The zero-order valence-electron chi connectivity index (χ0n) is 9.57. The van der Waals surface area contributed by atoms with Crippen LogP contribution < -0.4 is 10.6 Å². The predicted octanol–water partition coefficient (Wildman–Crippen LogP) is 0.406. The molecule has 1 fully saturated rings. The van der Waals surface area contributed by atoms with Gasteiger partial charge in [0.05, 0.1) is 26.2 Å². The number of amides is 2. The Balaban J connectivity index is 1.99. The normalized spacial score (nSPS) is 15.9. The molecule has 0 atom stereocenters. The molecule has 1 aliphatic heterocycles. The zero-order chi connectivity index (χ0) is 11.4. The molecule has 2 rings (SSSR count). The number of nitrogens with two attached hydrogens (primary N) is 1. The van der Waals surface area contributed by atoms with Gasteiger partial charge in [-0.05, 0) is 18.6 Å². The van der Waals surface area contributed by atoms with Crippen molar-refractivity contribution in [3.8, 4) is 0 Å². The van der Waals surface area contributed by atoms with E-state index in [2.05, 4.69) is 10.6 Å². The summed E-state index contributed by atoms with van der Waals surface area (Å²) in [5.74, 6) is 0. The lowest BCUT2D eigenvalue weighted by atomic mass is 10.2. The average molecular weight is 220 g/mol. The number of rotatable bonds is 1. The molecular formula is C12H18N3O+. The van der Waals surface area contributed by atoms with Gasteiger partial charge in [0.15, 0.2) is 0 Å². The van der Waals surface area contributed by atoms with E-state index in [-0.39, 0.29) is 6.03 Å².